The molecule has 0 aliphatic heterocycles. The van der Waals surface area contributed by atoms with E-state index in [1.54, 1.807) is 12.3 Å². The predicted molar refractivity (Wildman–Crippen MR) is 61.6 cm³/mol. The summed E-state index contributed by atoms with van der Waals surface area (Å²) in [5.41, 5.74) is 0.268. The molecule has 2 rings (SSSR count). The molecule has 0 saturated carbocycles. The van der Waals surface area contributed by atoms with Crippen molar-refractivity contribution < 1.29 is 4.79 Å². The van der Waals surface area contributed by atoms with Crippen molar-refractivity contribution in [1.29, 1.82) is 0 Å². The highest BCUT2D eigenvalue weighted by Crippen LogP contribution is 2.13. The highest BCUT2D eigenvalue weighted by atomic mass is 32.2. The van der Waals surface area contributed by atoms with Crippen molar-refractivity contribution in [3.05, 3.63) is 28.7 Å². The van der Waals surface area contributed by atoms with Crippen molar-refractivity contribution in [2.75, 3.05) is 6.26 Å². The summed E-state index contributed by atoms with van der Waals surface area (Å²) >= 11 is 1.39. The Hall–Kier alpha value is -1.69. The third-order valence-corrected chi connectivity index (χ3v) is 2.70. The van der Waals surface area contributed by atoms with Crippen LogP contribution in [0.25, 0.3) is 11.0 Å². The number of pyridine rings is 1. The number of aromatic nitrogens is 3. The van der Waals surface area contributed by atoms with E-state index in [-0.39, 0.29) is 12.1 Å². The minimum atomic E-state index is -0.231. The standard InChI is InChI=1S/C10H9N3O2S/c1-16-10-11-6-7-2-3-8(15)13(4-5-14)9(7)12-10/h2-3,5-6H,4H2,1H3. The van der Waals surface area contributed by atoms with Crippen molar-refractivity contribution in [2.24, 2.45) is 0 Å². The molecule has 2 aromatic rings. The minimum absolute atomic E-state index is 0.0149. The molecule has 0 aromatic carbocycles. The summed E-state index contributed by atoms with van der Waals surface area (Å²) in [6.07, 6.45) is 4.18. The zero-order chi connectivity index (χ0) is 11.5. The van der Waals surface area contributed by atoms with Crippen LogP contribution in [-0.4, -0.2) is 27.1 Å². The van der Waals surface area contributed by atoms with Gasteiger partial charge < -0.3 is 4.79 Å². The quantitative estimate of drug-likeness (QED) is 0.445. The molecule has 16 heavy (non-hydrogen) atoms. The predicted octanol–water partition coefficient (Wildman–Crippen LogP) is 0.712. The Labute approximate surface area is 95.5 Å². The molecule has 0 aliphatic rings. The summed E-state index contributed by atoms with van der Waals surface area (Å²) < 4.78 is 1.34. The molecular formula is C10H9N3O2S. The first kappa shape index (κ1) is 10.8. The second-order valence-corrected chi connectivity index (χ2v) is 3.86. The van der Waals surface area contributed by atoms with Gasteiger partial charge in [-0.1, -0.05) is 11.8 Å². The lowest BCUT2D eigenvalue weighted by Crippen LogP contribution is -2.20. The van der Waals surface area contributed by atoms with Crippen LogP contribution in [-0.2, 0) is 11.3 Å². The van der Waals surface area contributed by atoms with E-state index in [1.165, 1.54) is 22.4 Å². The van der Waals surface area contributed by atoms with Gasteiger partial charge in [0.15, 0.2) is 5.16 Å². The van der Waals surface area contributed by atoms with Gasteiger partial charge in [0, 0.05) is 17.6 Å². The first-order chi connectivity index (χ1) is 7.76. The molecule has 2 aromatic heterocycles. The fourth-order valence-corrected chi connectivity index (χ4v) is 1.74. The van der Waals surface area contributed by atoms with Crippen molar-refractivity contribution >= 4 is 29.1 Å². The average Bonchev–Trinajstić information content (AvgIpc) is 2.32. The summed E-state index contributed by atoms with van der Waals surface area (Å²) in [7, 11) is 0. The molecule has 0 unspecified atom stereocenters. The summed E-state index contributed by atoms with van der Waals surface area (Å²) in [6.45, 7) is 0.0149. The normalized spacial score (nSPS) is 10.6. The van der Waals surface area contributed by atoms with Crippen LogP contribution in [0.4, 0.5) is 0 Å². The van der Waals surface area contributed by atoms with Crippen molar-refractivity contribution in [3.63, 3.8) is 0 Å². The van der Waals surface area contributed by atoms with Gasteiger partial charge in [-0.05, 0) is 12.3 Å². The topological polar surface area (TPSA) is 64.8 Å². The zero-order valence-corrected chi connectivity index (χ0v) is 9.40. The van der Waals surface area contributed by atoms with E-state index in [1.807, 2.05) is 6.26 Å². The first-order valence-electron chi connectivity index (χ1n) is 4.60. The Balaban J connectivity index is 2.77. The molecule has 2 heterocycles. The molecule has 0 atom stereocenters. The number of hydrogen-bond acceptors (Lipinski definition) is 5. The van der Waals surface area contributed by atoms with E-state index in [0.29, 0.717) is 17.1 Å². The zero-order valence-electron chi connectivity index (χ0n) is 8.58. The monoisotopic (exact) mass is 235 g/mol. The molecule has 82 valence electrons. The Bertz CT molecular complexity index is 594. The van der Waals surface area contributed by atoms with Crippen LogP contribution < -0.4 is 5.56 Å². The van der Waals surface area contributed by atoms with Gasteiger partial charge in [-0.15, -0.1) is 0 Å². The third kappa shape index (κ3) is 1.83. The smallest absolute Gasteiger partial charge is 0.252 e. The molecule has 5 nitrogen and oxygen atoms in total. The molecule has 0 N–H and O–H groups in total. The largest absolute Gasteiger partial charge is 0.301 e. The van der Waals surface area contributed by atoms with E-state index < -0.39 is 0 Å². The van der Waals surface area contributed by atoms with E-state index in [2.05, 4.69) is 9.97 Å². The first-order valence-corrected chi connectivity index (χ1v) is 5.83. The molecule has 6 heteroatoms. The number of thioether (sulfide) groups is 1. The van der Waals surface area contributed by atoms with E-state index >= 15 is 0 Å². The van der Waals surface area contributed by atoms with Gasteiger partial charge in [0.25, 0.3) is 5.56 Å². The molecule has 0 radical (unpaired) electrons. The van der Waals surface area contributed by atoms with Gasteiger partial charge in [-0.2, -0.15) is 0 Å². The number of rotatable bonds is 3. The second kappa shape index (κ2) is 4.44. The molecule has 0 fully saturated rings. The van der Waals surface area contributed by atoms with Crippen LogP contribution in [0.3, 0.4) is 0 Å². The van der Waals surface area contributed by atoms with Crippen LogP contribution in [0.1, 0.15) is 0 Å². The third-order valence-electron chi connectivity index (χ3n) is 2.14. The summed E-state index contributed by atoms with van der Waals surface area (Å²) in [5.74, 6) is 0. The number of fused-ring (bicyclic) bond motifs is 1. The van der Waals surface area contributed by atoms with Gasteiger partial charge in [0.05, 0.1) is 6.54 Å². The Morgan fingerprint density at radius 3 is 3.00 bits per heavy atom. The number of aldehydes is 1. The Kier molecular flexibility index (Phi) is 3.00. The van der Waals surface area contributed by atoms with Crippen LogP contribution in [0.2, 0.25) is 0 Å². The lowest BCUT2D eigenvalue weighted by atomic mass is 10.3. The van der Waals surface area contributed by atoms with Crippen molar-refractivity contribution in [1.82, 2.24) is 14.5 Å². The highest BCUT2D eigenvalue weighted by Gasteiger charge is 2.05. The summed E-state index contributed by atoms with van der Waals surface area (Å²) in [6, 6.07) is 3.07. The minimum Gasteiger partial charge on any atom is -0.301 e. The van der Waals surface area contributed by atoms with Crippen LogP contribution in [0.15, 0.2) is 28.3 Å². The molecular weight excluding hydrogens is 226 g/mol. The van der Waals surface area contributed by atoms with E-state index in [9.17, 15) is 9.59 Å². The summed E-state index contributed by atoms with van der Waals surface area (Å²) in [5, 5.41) is 1.33. The molecule has 0 amide bonds. The van der Waals surface area contributed by atoms with Gasteiger partial charge in [-0.25, -0.2) is 9.97 Å². The number of hydrogen-bond donors (Lipinski definition) is 0. The maximum atomic E-state index is 11.6. The van der Waals surface area contributed by atoms with E-state index in [0.717, 1.165) is 5.39 Å². The van der Waals surface area contributed by atoms with Gasteiger partial charge in [0.1, 0.15) is 11.9 Å². The fourth-order valence-electron chi connectivity index (χ4n) is 1.41. The van der Waals surface area contributed by atoms with Gasteiger partial charge >= 0.3 is 0 Å². The van der Waals surface area contributed by atoms with Gasteiger partial charge in [-0.3, -0.25) is 9.36 Å². The van der Waals surface area contributed by atoms with Crippen LogP contribution in [0, 0.1) is 0 Å². The number of nitrogens with zero attached hydrogens (tertiary/aromatic N) is 3. The molecule has 0 spiro atoms. The molecule has 0 bridgehead atoms. The fraction of sp³-hybridized carbons (Fsp3) is 0.200. The lowest BCUT2D eigenvalue weighted by Gasteiger charge is -2.05. The van der Waals surface area contributed by atoms with Crippen LogP contribution in [0.5, 0.6) is 0 Å². The lowest BCUT2D eigenvalue weighted by molar-refractivity contribution is -0.108. The maximum absolute atomic E-state index is 11.6. The second-order valence-electron chi connectivity index (χ2n) is 3.08. The SMILES string of the molecule is CSc1ncc2ccc(=O)n(CC=O)c2n1. The highest BCUT2D eigenvalue weighted by molar-refractivity contribution is 7.98. The van der Waals surface area contributed by atoms with Crippen molar-refractivity contribution in [2.45, 2.75) is 11.7 Å². The number of carbonyl (C=O) groups excluding carboxylic acids is 1. The number of carbonyl (C=O) groups is 1. The molecule has 0 saturated heterocycles. The summed E-state index contributed by atoms with van der Waals surface area (Å²) in [4.78, 5) is 30.4. The van der Waals surface area contributed by atoms with E-state index in [4.69, 9.17) is 0 Å². The molecule has 0 aliphatic carbocycles. The average molecular weight is 235 g/mol. The maximum Gasteiger partial charge on any atom is 0.252 e. The van der Waals surface area contributed by atoms with Crippen molar-refractivity contribution in [3.8, 4) is 0 Å². The van der Waals surface area contributed by atoms with Crippen LogP contribution >= 0.6 is 11.8 Å². The van der Waals surface area contributed by atoms with Gasteiger partial charge in [0.2, 0.25) is 0 Å². The Morgan fingerprint density at radius 2 is 2.31 bits per heavy atom. The Morgan fingerprint density at radius 1 is 1.50 bits per heavy atom.